The second-order valence-electron chi connectivity index (χ2n) is 7.04. The first-order valence-corrected chi connectivity index (χ1v) is 9.50. The highest BCUT2D eigenvalue weighted by Crippen LogP contribution is 2.22. The van der Waals surface area contributed by atoms with Gasteiger partial charge in [0.1, 0.15) is 5.75 Å². The third-order valence-corrected chi connectivity index (χ3v) is 4.87. The van der Waals surface area contributed by atoms with E-state index in [1.165, 1.54) is 6.92 Å². The van der Waals surface area contributed by atoms with Crippen molar-refractivity contribution in [2.75, 3.05) is 6.61 Å². The Morgan fingerprint density at radius 2 is 1.79 bits per heavy atom. The molecule has 0 saturated carbocycles. The molecule has 29 heavy (non-hydrogen) atoms. The molecule has 0 spiro atoms. The quantitative estimate of drug-likeness (QED) is 0.619. The smallest absolute Gasteiger partial charge is 0.258 e. The Hall–Kier alpha value is -3.41. The molecule has 6 nitrogen and oxygen atoms in total. The van der Waals surface area contributed by atoms with Crippen molar-refractivity contribution in [1.82, 2.24) is 15.1 Å². The molecule has 0 aliphatic heterocycles. The van der Waals surface area contributed by atoms with Gasteiger partial charge < -0.3 is 10.1 Å². The molecule has 6 heteroatoms. The third-order valence-electron chi connectivity index (χ3n) is 4.87. The highest BCUT2D eigenvalue weighted by molar-refractivity contribution is 5.94. The van der Waals surface area contributed by atoms with Crippen molar-refractivity contribution in [1.29, 1.82) is 0 Å². The van der Waals surface area contributed by atoms with Gasteiger partial charge in [0.15, 0.2) is 12.4 Å². The molecule has 0 saturated heterocycles. The minimum absolute atomic E-state index is 0.00951. The number of para-hydroxylation sites is 1. The number of hydrogen-bond acceptors (Lipinski definition) is 4. The first kappa shape index (κ1) is 20.3. The largest absolute Gasteiger partial charge is 0.484 e. The summed E-state index contributed by atoms with van der Waals surface area (Å²) >= 11 is 0. The number of hydrogen-bond donors (Lipinski definition) is 1. The molecular formula is C23H25N3O3. The maximum Gasteiger partial charge on any atom is 0.258 e. The Labute approximate surface area is 170 Å². The van der Waals surface area contributed by atoms with Crippen molar-refractivity contribution in [3.05, 3.63) is 77.1 Å². The summed E-state index contributed by atoms with van der Waals surface area (Å²) in [5.74, 6) is 0.308. The predicted octanol–water partition coefficient (Wildman–Crippen LogP) is 3.95. The Bertz CT molecular complexity index is 1020. The Morgan fingerprint density at radius 3 is 2.45 bits per heavy atom. The van der Waals surface area contributed by atoms with Crippen LogP contribution in [0.15, 0.2) is 54.7 Å². The van der Waals surface area contributed by atoms with Crippen molar-refractivity contribution in [3.8, 4) is 11.4 Å². The molecule has 3 rings (SSSR count). The van der Waals surface area contributed by atoms with Gasteiger partial charge in [0.25, 0.3) is 5.91 Å². The number of nitrogens with zero attached hydrogens (tertiary/aromatic N) is 2. The third kappa shape index (κ3) is 4.71. The van der Waals surface area contributed by atoms with Gasteiger partial charge in [-0.1, -0.05) is 18.2 Å². The van der Waals surface area contributed by atoms with Crippen LogP contribution in [-0.4, -0.2) is 28.1 Å². The van der Waals surface area contributed by atoms with E-state index in [2.05, 4.69) is 10.4 Å². The first-order valence-electron chi connectivity index (χ1n) is 9.50. The first-order chi connectivity index (χ1) is 13.9. The molecule has 0 unspecified atom stereocenters. The maximum absolute atomic E-state index is 12.3. The number of carbonyl (C=O) groups is 2. The molecule has 1 N–H and O–H groups in total. The van der Waals surface area contributed by atoms with Gasteiger partial charge in [-0.2, -0.15) is 5.10 Å². The van der Waals surface area contributed by atoms with E-state index >= 15 is 0 Å². The summed E-state index contributed by atoms with van der Waals surface area (Å²) < 4.78 is 7.40. The molecule has 0 aliphatic rings. The summed E-state index contributed by atoms with van der Waals surface area (Å²) in [6.45, 7) is 7.36. The van der Waals surface area contributed by atoms with E-state index in [1.807, 2.05) is 49.7 Å². The molecule has 0 radical (unpaired) electrons. The SMILES string of the molecule is CC(=O)c1ccc(OCC(=O)N[C@@H](C)c2cnn(-c3ccccc3C)c2C)cc1. The second kappa shape index (κ2) is 8.73. The van der Waals surface area contributed by atoms with Crippen LogP contribution in [0.4, 0.5) is 0 Å². The van der Waals surface area contributed by atoms with Gasteiger partial charge in [-0.05, 0) is 63.6 Å². The van der Waals surface area contributed by atoms with Crippen molar-refractivity contribution in [2.45, 2.75) is 33.7 Å². The van der Waals surface area contributed by atoms with E-state index in [9.17, 15) is 9.59 Å². The van der Waals surface area contributed by atoms with E-state index in [0.717, 1.165) is 22.5 Å². The molecule has 3 aromatic rings. The number of ketones is 1. The summed E-state index contributed by atoms with van der Waals surface area (Å²) in [5, 5.41) is 7.44. The predicted molar refractivity (Wildman–Crippen MR) is 112 cm³/mol. The normalized spacial score (nSPS) is 11.7. The van der Waals surface area contributed by atoms with Gasteiger partial charge in [0.2, 0.25) is 0 Å². The zero-order chi connectivity index (χ0) is 21.0. The van der Waals surface area contributed by atoms with E-state index in [4.69, 9.17) is 4.74 Å². The molecule has 0 bridgehead atoms. The summed E-state index contributed by atoms with van der Waals surface area (Å²) in [5.41, 5.74) is 4.69. The van der Waals surface area contributed by atoms with Crippen LogP contribution in [0.5, 0.6) is 5.75 Å². The molecule has 1 atom stereocenters. The van der Waals surface area contributed by atoms with E-state index in [-0.39, 0.29) is 24.3 Å². The molecule has 1 amide bonds. The number of rotatable bonds is 7. The Morgan fingerprint density at radius 1 is 1.10 bits per heavy atom. The van der Waals surface area contributed by atoms with Gasteiger partial charge >= 0.3 is 0 Å². The average molecular weight is 391 g/mol. The molecule has 1 heterocycles. The number of ether oxygens (including phenoxy) is 1. The summed E-state index contributed by atoms with van der Waals surface area (Å²) in [6.07, 6.45) is 1.79. The van der Waals surface area contributed by atoms with Crippen molar-refractivity contribution >= 4 is 11.7 Å². The fourth-order valence-corrected chi connectivity index (χ4v) is 3.19. The van der Waals surface area contributed by atoms with E-state index in [0.29, 0.717) is 11.3 Å². The van der Waals surface area contributed by atoms with Crippen LogP contribution in [0, 0.1) is 13.8 Å². The lowest BCUT2D eigenvalue weighted by Gasteiger charge is -2.15. The van der Waals surface area contributed by atoms with Crippen molar-refractivity contribution in [2.24, 2.45) is 0 Å². The van der Waals surface area contributed by atoms with Gasteiger partial charge in [-0.25, -0.2) is 4.68 Å². The van der Waals surface area contributed by atoms with Gasteiger partial charge in [-0.3, -0.25) is 9.59 Å². The molecule has 0 fully saturated rings. The van der Waals surface area contributed by atoms with Crippen molar-refractivity contribution in [3.63, 3.8) is 0 Å². The van der Waals surface area contributed by atoms with Crippen LogP contribution in [0.1, 0.15) is 47.1 Å². The maximum atomic E-state index is 12.3. The Balaban J connectivity index is 1.61. The minimum atomic E-state index is -0.226. The lowest BCUT2D eigenvalue weighted by Crippen LogP contribution is -2.31. The molecule has 150 valence electrons. The number of carbonyl (C=O) groups excluding carboxylic acids is 2. The summed E-state index contributed by atoms with van der Waals surface area (Å²) in [4.78, 5) is 23.6. The van der Waals surface area contributed by atoms with Gasteiger partial charge in [0, 0.05) is 16.8 Å². The number of nitrogens with one attached hydrogen (secondary N) is 1. The lowest BCUT2D eigenvalue weighted by atomic mass is 10.1. The fourth-order valence-electron chi connectivity index (χ4n) is 3.19. The fraction of sp³-hybridized carbons (Fsp3) is 0.261. The van der Waals surface area contributed by atoms with Crippen molar-refractivity contribution < 1.29 is 14.3 Å². The summed E-state index contributed by atoms with van der Waals surface area (Å²) in [7, 11) is 0. The monoisotopic (exact) mass is 391 g/mol. The zero-order valence-corrected chi connectivity index (χ0v) is 17.1. The van der Waals surface area contributed by atoms with E-state index in [1.54, 1.807) is 30.5 Å². The molecule has 0 aliphatic carbocycles. The van der Waals surface area contributed by atoms with Crippen LogP contribution < -0.4 is 10.1 Å². The summed E-state index contributed by atoms with van der Waals surface area (Å²) in [6, 6.07) is 14.6. The van der Waals surface area contributed by atoms with E-state index < -0.39 is 0 Å². The molecule has 1 aromatic heterocycles. The topological polar surface area (TPSA) is 73.2 Å². The second-order valence-corrected chi connectivity index (χ2v) is 7.04. The number of Topliss-reactive ketones (excluding diaryl/α,β-unsaturated/α-hetero) is 1. The van der Waals surface area contributed by atoms with Crippen LogP contribution >= 0.6 is 0 Å². The lowest BCUT2D eigenvalue weighted by molar-refractivity contribution is -0.123. The number of aromatic nitrogens is 2. The number of aryl methyl sites for hydroxylation is 1. The van der Waals surface area contributed by atoms with Crippen LogP contribution in [0.3, 0.4) is 0 Å². The van der Waals surface area contributed by atoms with Gasteiger partial charge in [0.05, 0.1) is 17.9 Å². The van der Waals surface area contributed by atoms with Gasteiger partial charge in [-0.15, -0.1) is 0 Å². The molecule has 2 aromatic carbocycles. The zero-order valence-electron chi connectivity index (χ0n) is 17.1. The highest BCUT2D eigenvalue weighted by atomic mass is 16.5. The molecular weight excluding hydrogens is 366 g/mol. The minimum Gasteiger partial charge on any atom is -0.484 e. The number of benzene rings is 2. The number of amides is 1. The standard InChI is InChI=1S/C23H25N3O3/c1-15-7-5-6-8-22(15)26-17(3)21(13-24-26)16(2)25-23(28)14-29-20-11-9-19(10-12-20)18(4)27/h5-13,16H,14H2,1-4H3,(H,25,28)/t16-/m0/s1. The average Bonchev–Trinajstić information content (AvgIpc) is 3.08. The highest BCUT2D eigenvalue weighted by Gasteiger charge is 2.17. The van der Waals surface area contributed by atoms with Crippen LogP contribution in [0.25, 0.3) is 5.69 Å². The van der Waals surface area contributed by atoms with Crippen LogP contribution in [-0.2, 0) is 4.79 Å². The van der Waals surface area contributed by atoms with Crippen LogP contribution in [0.2, 0.25) is 0 Å². The Kier molecular flexibility index (Phi) is 6.12.